The minimum Gasteiger partial charge on any atom is -0.493 e. The number of hydrogen-bond donors (Lipinski definition) is 0. The Kier molecular flexibility index (Phi) is 4.47. The molecule has 2 aromatic rings. The highest BCUT2D eigenvalue weighted by molar-refractivity contribution is 9.10. The molecule has 0 aromatic heterocycles. The summed E-state index contributed by atoms with van der Waals surface area (Å²) in [5.41, 5.74) is 3.58. The van der Waals surface area contributed by atoms with Crippen LogP contribution in [-0.2, 0) is 13.0 Å². The van der Waals surface area contributed by atoms with Gasteiger partial charge in [-0.3, -0.25) is 9.98 Å². The van der Waals surface area contributed by atoms with Gasteiger partial charge in [0.2, 0.25) is 0 Å². The van der Waals surface area contributed by atoms with Gasteiger partial charge in [-0.2, -0.15) is 5.10 Å². The van der Waals surface area contributed by atoms with Crippen molar-refractivity contribution in [2.45, 2.75) is 30.4 Å². The molecule has 0 aliphatic carbocycles. The van der Waals surface area contributed by atoms with Crippen molar-refractivity contribution in [3.63, 3.8) is 0 Å². The van der Waals surface area contributed by atoms with Crippen molar-refractivity contribution in [2.75, 3.05) is 6.61 Å². The molecule has 28 heavy (non-hydrogen) atoms. The molecular weight excluding hydrogens is 423 g/mol. The van der Waals surface area contributed by atoms with Crippen LogP contribution in [0.4, 0.5) is 4.39 Å². The molecule has 0 spiro atoms. The van der Waals surface area contributed by atoms with E-state index in [-0.39, 0.29) is 16.8 Å². The monoisotopic (exact) mass is 440 g/mol. The van der Waals surface area contributed by atoms with Gasteiger partial charge in [0.25, 0.3) is 0 Å². The highest BCUT2D eigenvalue weighted by Crippen LogP contribution is 2.29. The fraction of sp³-hybridized carbons (Fsp3) is 0.286. The number of halogens is 2. The summed E-state index contributed by atoms with van der Waals surface area (Å²) < 4.78 is 19.9. The van der Waals surface area contributed by atoms with Gasteiger partial charge in [0.05, 0.1) is 23.7 Å². The van der Waals surface area contributed by atoms with Gasteiger partial charge in [-0.15, -0.1) is 0 Å². The first kappa shape index (κ1) is 17.6. The van der Waals surface area contributed by atoms with Gasteiger partial charge in [0.15, 0.2) is 6.17 Å². The largest absolute Gasteiger partial charge is 0.493 e. The van der Waals surface area contributed by atoms with Gasteiger partial charge in [-0.1, -0.05) is 46.3 Å². The van der Waals surface area contributed by atoms with Crippen LogP contribution < -0.4 is 4.74 Å². The molecule has 0 amide bonds. The van der Waals surface area contributed by atoms with Crippen molar-refractivity contribution in [2.24, 2.45) is 15.1 Å². The summed E-state index contributed by atoms with van der Waals surface area (Å²) in [7, 11) is 0. The summed E-state index contributed by atoms with van der Waals surface area (Å²) in [5.74, 6) is 1.50. The number of nitrogens with zero attached hydrogens (tertiary/aromatic N) is 4. The third kappa shape index (κ3) is 3.13. The molecule has 2 atom stereocenters. The second-order valence-corrected chi connectivity index (χ2v) is 8.03. The van der Waals surface area contributed by atoms with Crippen molar-refractivity contribution in [3.8, 4) is 5.75 Å². The summed E-state index contributed by atoms with van der Waals surface area (Å²) in [4.78, 5) is 9.54. The van der Waals surface area contributed by atoms with Gasteiger partial charge in [-0.25, -0.2) is 9.40 Å². The Hall–Kier alpha value is -2.54. The number of ether oxygens (including phenoxy) is 1. The predicted octanol–water partition coefficient (Wildman–Crippen LogP) is 3.94. The van der Waals surface area contributed by atoms with Gasteiger partial charge in [0, 0.05) is 24.6 Å². The lowest BCUT2D eigenvalue weighted by molar-refractivity contribution is 0.357. The van der Waals surface area contributed by atoms with Crippen molar-refractivity contribution in [3.05, 3.63) is 65.0 Å². The Bertz CT molecular complexity index is 1020. The Labute approximate surface area is 170 Å². The van der Waals surface area contributed by atoms with Crippen molar-refractivity contribution >= 4 is 33.7 Å². The molecule has 0 saturated carbocycles. The number of fused-ring (bicyclic) bond motifs is 2. The number of amidine groups is 1. The summed E-state index contributed by atoms with van der Waals surface area (Å²) >= 11 is 3.60. The van der Waals surface area contributed by atoms with E-state index in [0.29, 0.717) is 24.2 Å². The van der Waals surface area contributed by atoms with Crippen molar-refractivity contribution in [1.29, 1.82) is 0 Å². The van der Waals surface area contributed by atoms with Gasteiger partial charge in [0.1, 0.15) is 17.4 Å². The fourth-order valence-electron chi connectivity index (χ4n) is 3.71. The van der Waals surface area contributed by atoms with Crippen LogP contribution in [0.15, 0.2) is 57.6 Å². The number of rotatable bonds is 3. The fourth-order valence-corrected chi connectivity index (χ4v) is 4.15. The van der Waals surface area contributed by atoms with Crippen LogP contribution in [0.2, 0.25) is 0 Å². The van der Waals surface area contributed by atoms with Crippen LogP contribution in [0.3, 0.4) is 0 Å². The normalized spacial score (nSPS) is 24.1. The average Bonchev–Trinajstić information content (AvgIpc) is 3.33. The van der Waals surface area contributed by atoms with Gasteiger partial charge in [-0.05, 0) is 23.3 Å². The molecule has 0 bridgehead atoms. The van der Waals surface area contributed by atoms with Crippen LogP contribution in [0.5, 0.6) is 5.75 Å². The minimum absolute atomic E-state index is 0.0306. The SMILES string of the molecule is Fc1ccccc1C1=NC2C(Br)C=NN2C(=NCc2ccc3c(c2)CCO3)C1. The third-order valence-electron chi connectivity index (χ3n) is 5.13. The van der Waals surface area contributed by atoms with E-state index in [4.69, 9.17) is 14.7 Å². The first-order valence-corrected chi connectivity index (χ1v) is 10.2. The van der Waals surface area contributed by atoms with E-state index >= 15 is 0 Å². The van der Waals surface area contributed by atoms with E-state index in [1.807, 2.05) is 23.2 Å². The third-order valence-corrected chi connectivity index (χ3v) is 5.84. The van der Waals surface area contributed by atoms with Crippen molar-refractivity contribution < 1.29 is 9.13 Å². The second-order valence-electron chi connectivity index (χ2n) is 6.97. The number of benzene rings is 2. The Morgan fingerprint density at radius 3 is 3.04 bits per heavy atom. The molecule has 0 fully saturated rings. The smallest absolute Gasteiger partial charge is 0.161 e. The lowest BCUT2D eigenvalue weighted by atomic mass is 10.0. The molecule has 3 aliphatic heterocycles. The Morgan fingerprint density at radius 1 is 1.25 bits per heavy atom. The predicted molar refractivity (Wildman–Crippen MR) is 111 cm³/mol. The molecule has 142 valence electrons. The molecule has 3 heterocycles. The molecular formula is C21H18BrFN4O. The van der Waals surface area contributed by atoms with E-state index in [0.717, 1.165) is 30.2 Å². The minimum atomic E-state index is -0.266. The standard InChI is InChI=1S/C21H18BrFN4O/c22-16-12-25-27-20(24-11-13-5-6-19-14(9-13)7-8-28-19)10-18(26-21(16)27)15-3-1-2-4-17(15)23/h1-6,9,12,16,21H,7-8,10-11H2. The number of alkyl halides is 1. The summed E-state index contributed by atoms with van der Waals surface area (Å²) in [6.07, 6.45) is 2.95. The quantitative estimate of drug-likeness (QED) is 0.678. The molecule has 0 saturated heterocycles. The number of hydrogen-bond acceptors (Lipinski definition) is 4. The Balaban J connectivity index is 1.45. The second kappa shape index (κ2) is 7.13. The van der Waals surface area contributed by atoms with Crippen LogP contribution in [-0.4, -0.2) is 40.4 Å². The molecule has 2 aromatic carbocycles. The molecule has 5 rings (SSSR count). The zero-order valence-corrected chi connectivity index (χ0v) is 16.6. The topological polar surface area (TPSA) is 49.5 Å². The Morgan fingerprint density at radius 2 is 2.14 bits per heavy atom. The van der Waals surface area contributed by atoms with Crippen LogP contribution in [0.25, 0.3) is 0 Å². The molecule has 2 unspecified atom stereocenters. The highest BCUT2D eigenvalue weighted by Gasteiger charge is 2.36. The van der Waals surface area contributed by atoms with Crippen LogP contribution in [0, 0.1) is 5.82 Å². The van der Waals surface area contributed by atoms with Crippen LogP contribution >= 0.6 is 15.9 Å². The maximum absolute atomic E-state index is 14.3. The summed E-state index contributed by atoms with van der Waals surface area (Å²) in [5, 5.41) is 6.28. The first-order chi connectivity index (χ1) is 13.7. The van der Waals surface area contributed by atoms with E-state index < -0.39 is 0 Å². The van der Waals surface area contributed by atoms with Crippen LogP contribution in [0.1, 0.15) is 23.1 Å². The van der Waals surface area contributed by atoms with E-state index in [2.05, 4.69) is 27.1 Å². The zero-order chi connectivity index (χ0) is 19.1. The molecule has 3 aliphatic rings. The first-order valence-electron chi connectivity index (χ1n) is 9.26. The molecule has 0 N–H and O–H groups in total. The number of hydrazone groups is 1. The van der Waals surface area contributed by atoms with E-state index in [9.17, 15) is 4.39 Å². The average molecular weight is 441 g/mol. The maximum atomic E-state index is 14.3. The summed E-state index contributed by atoms with van der Waals surface area (Å²) in [6.45, 7) is 1.28. The zero-order valence-electron chi connectivity index (χ0n) is 15.1. The van der Waals surface area contributed by atoms with E-state index in [1.165, 1.54) is 11.6 Å². The molecule has 0 radical (unpaired) electrons. The van der Waals surface area contributed by atoms with Gasteiger partial charge >= 0.3 is 0 Å². The maximum Gasteiger partial charge on any atom is 0.161 e. The lowest BCUT2D eigenvalue weighted by Crippen LogP contribution is -2.42. The van der Waals surface area contributed by atoms with Gasteiger partial charge < -0.3 is 4.74 Å². The molecule has 7 heteroatoms. The summed E-state index contributed by atoms with van der Waals surface area (Å²) in [6, 6.07) is 12.9. The highest BCUT2D eigenvalue weighted by atomic mass is 79.9. The molecule has 5 nitrogen and oxygen atoms in total. The van der Waals surface area contributed by atoms with Crippen molar-refractivity contribution in [1.82, 2.24) is 5.01 Å². The lowest BCUT2D eigenvalue weighted by Gasteiger charge is -2.29. The number of aliphatic imine (C=N–C) groups is 2. The van der Waals surface area contributed by atoms with E-state index in [1.54, 1.807) is 18.3 Å².